The molecule has 0 fully saturated rings. The first kappa shape index (κ1) is 16.3. The van der Waals surface area contributed by atoms with Crippen LogP contribution in [0.1, 0.15) is 18.1 Å². The Kier molecular flexibility index (Phi) is 5.54. The second kappa shape index (κ2) is 7.81. The molecule has 0 spiro atoms. The number of hydrogen-bond donors (Lipinski definition) is 1. The lowest BCUT2D eigenvalue weighted by Gasteiger charge is -2.20. The Labute approximate surface area is 135 Å². The lowest BCUT2D eigenvalue weighted by Crippen LogP contribution is -2.31. The molecule has 116 valence electrons. The quantitative estimate of drug-likeness (QED) is 0.680. The van der Waals surface area contributed by atoms with Gasteiger partial charge in [-0.1, -0.05) is 42.5 Å². The molecule has 4 heteroatoms. The molecule has 0 saturated heterocycles. The van der Waals surface area contributed by atoms with Crippen molar-refractivity contribution in [1.82, 2.24) is 4.90 Å². The van der Waals surface area contributed by atoms with Crippen molar-refractivity contribution in [1.29, 1.82) is 5.26 Å². The molecule has 0 saturated carbocycles. The van der Waals surface area contributed by atoms with Crippen LogP contribution in [0.2, 0.25) is 0 Å². The van der Waals surface area contributed by atoms with Gasteiger partial charge in [0.25, 0.3) is 5.91 Å². The molecule has 2 aromatic carbocycles. The van der Waals surface area contributed by atoms with Crippen LogP contribution in [0, 0.1) is 11.3 Å². The number of phenols is 1. The van der Waals surface area contributed by atoms with Crippen molar-refractivity contribution in [3.8, 4) is 11.8 Å². The summed E-state index contributed by atoms with van der Waals surface area (Å²) in [7, 11) is 0. The first-order valence-corrected chi connectivity index (χ1v) is 7.38. The molecule has 23 heavy (non-hydrogen) atoms. The smallest absolute Gasteiger partial charge is 0.264 e. The summed E-state index contributed by atoms with van der Waals surface area (Å²) in [6.45, 7) is 2.84. The van der Waals surface area contributed by atoms with Gasteiger partial charge in [-0.3, -0.25) is 4.79 Å². The largest absolute Gasteiger partial charge is 0.508 e. The van der Waals surface area contributed by atoms with E-state index in [1.165, 1.54) is 12.1 Å². The molecule has 0 aliphatic carbocycles. The summed E-state index contributed by atoms with van der Waals surface area (Å²) in [4.78, 5) is 14.2. The molecule has 2 rings (SSSR count). The summed E-state index contributed by atoms with van der Waals surface area (Å²) >= 11 is 0. The SMILES string of the molecule is CCN(Cc1ccccc1)C(=O)/C(C#N)=C/c1cccc(O)c1. The van der Waals surface area contributed by atoms with E-state index < -0.39 is 0 Å². The topological polar surface area (TPSA) is 64.3 Å². The van der Waals surface area contributed by atoms with Crippen molar-refractivity contribution in [3.05, 3.63) is 71.3 Å². The van der Waals surface area contributed by atoms with Gasteiger partial charge < -0.3 is 10.0 Å². The molecule has 0 aliphatic heterocycles. The minimum atomic E-state index is -0.317. The highest BCUT2D eigenvalue weighted by atomic mass is 16.3. The molecular weight excluding hydrogens is 288 g/mol. The number of nitrogens with zero attached hydrogens (tertiary/aromatic N) is 2. The number of hydrogen-bond acceptors (Lipinski definition) is 3. The predicted octanol–water partition coefficient (Wildman–Crippen LogP) is 3.35. The van der Waals surface area contributed by atoms with E-state index in [-0.39, 0.29) is 17.2 Å². The number of amides is 1. The summed E-state index contributed by atoms with van der Waals surface area (Å²) in [5.74, 6) is -0.220. The molecule has 0 radical (unpaired) electrons. The van der Waals surface area contributed by atoms with E-state index in [1.54, 1.807) is 23.1 Å². The molecule has 0 bridgehead atoms. The third kappa shape index (κ3) is 4.45. The molecule has 0 atom stereocenters. The van der Waals surface area contributed by atoms with Crippen LogP contribution in [0.3, 0.4) is 0 Å². The summed E-state index contributed by atoms with van der Waals surface area (Å²) < 4.78 is 0. The van der Waals surface area contributed by atoms with Crippen LogP contribution in [-0.2, 0) is 11.3 Å². The maximum absolute atomic E-state index is 12.6. The summed E-state index contributed by atoms with van der Waals surface area (Å²) in [5.41, 5.74) is 1.68. The number of benzene rings is 2. The average molecular weight is 306 g/mol. The molecule has 4 nitrogen and oxygen atoms in total. The van der Waals surface area contributed by atoms with Crippen molar-refractivity contribution in [3.63, 3.8) is 0 Å². The van der Waals surface area contributed by atoms with E-state index in [1.807, 2.05) is 43.3 Å². The second-order valence-corrected chi connectivity index (χ2v) is 5.07. The third-order valence-electron chi connectivity index (χ3n) is 3.42. The van der Waals surface area contributed by atoms with Crippen LogP contribution in [0.25, 0.3) is 6.08 Å². The van der Waals surface area contributed by atoms with Gasteiger partial charge in [-0.25, -0.2) is 0 Å². The van der Waals surface area contributed by atoms with E-state index in [0.717, 1.165) is 5.56 Å². The summed E-state index contributed by atoms with van der Waals surface area (Å²) in [6, 6.07) is 18.1. The molecule has 2 aromatic rings. The predicted molar refractivity (Wildman–Crippen MR) is 89.2 cm³/mol. The summed E-state index contributed by atoms with van der Waals surface area (Å²) in [5, 5.41) is 18.8. The van der Waals surface area contributed by atoms with Crippen LogP contribution >= 0.6 is 0 Å². The van der Waals surface area contributed by atoms with Gasteiger partial charge in [0.1, 0.15) is 17.4 Å². The number of aromatic hydroxyl groups is 1. The van der Waals surface area contributed by atoms with Crippen molar-refractivity contribution < 1.29 is 9.90 Å². The first-order valence-electron chi connectivity index (χ1n) is 7.38. The lowest BCUT2D eigenvalue weighted by atomic mass is 10.1. The maximum Gasteiger partial charge on any atom is 0.264 e. The molecule has 0 unspecified atom stereocenters. The van der Waals surface area contributed by atoms with E-state index in [4.69, 9.17) is 0 Å². The Balaban J connectivity index is 2.22. The minimum absolute atomic E-state index is 0.0494. The Hall–Kier alpha value is -3.06. The van der Waals surface area contributed by atoms with Gasteiger partial charge in [0.2, 0.25) is 0 Å². The van der Waals surface area contributed by atoms with E-state index >= 15 is 0 Å². The standard InChI is InChI=1S/C19H18N2O2/c1-2-21(14-15-7-4-3-5-8-15)19(23)17(13-20)11-16-9-6-10-18(22)12-16/h3-12,22H,2,14H2,1H3/b17-11+. The van der Waals surface area contributed by atoms with Crippen molar-refractivity contribution in [2.45, 2.75) is 13.5 Å². The van der Waals surface area contributed by atoms with Crippen molar-refractivity contribution in [2.75, 3.05) is 6.54 Å². The molecule has 1 amide bonds. The van der Waals surface area contributed by atoms with Gasteiger partial charge in [0, 0.05) is 13.1 Å². The Bertz CT molecular complexity index is 745. The minimum Gasteiger partial charge on any atom is -0.508 e. The van der Waals surface area contributed by atoms with Crippen LogP contribution in [0.5, 0.6) is 5.75 Å². The van der Waals surface area contributed by atoms with Gasteiger partial charge in [-0.05, 0) is 36.3 Å². The molecule has 0 aromatic heterocycles. The van der Waals surface area contributed by atoms with Gasteiger partial charge >= 0.3 is 0 Å². The van der Waals surface area contributed by atoms with E-state index in [2.05, 4.69) is 0 Å². The van der Waals surface area contributed by atoms with Crippen molar-refractivity contribution in [2.24, 2.45) is 0 Å². The fourth-order valence-corrected chi connectivity index (χ4v) is 2.22. The molecule has 0 aliphatic rings. The zero-order chi connectivity index (χ0) is 16.7. The maximum atomic E-state index is 12.6. The average Bonchev–Trinajstić information content (AvgIpc) is 2.58. The number of rotatable bonds is 5. The zero-order valence-electron chi connectivity index (χ0n) is 12.9. The van der Waals surface area contributed by atoms with E-state index in [0.29, 0.717) is 18.7 Å². The number of phenolic OH excluding ortho intramolecular Hbond substituents is 1. The highest BCUT2D eigenvalue weighted by Crippen LogP contribution is 2.16. The van der Waals surface area contributed by atoms with E-state index in [9.17, 15) is 15.2 Å². The third-order valence-corrected chi connectivity index (χ3v) is 3.42. The summed E-state index contributed by atoms with van der Waals surface area (Å²) in [6.07, 6.45) is 1.50. The number of likely N-dealkylation sites (N-methyl/N-ethyl adjacent to an activating group) is 1. The van der Waals surface area contributed by atoms with Gasteiger partial charge in [0.15, 0.2) is 0 Å². The Morgan fingerprint density at radius 3 is 2.57 bits per heavy atom. The highest BCUT2D eigenvalue weighted by Gasteiger charge is 2.17. The molecular formula is C19H18N2O2. The number of nitriles is 1. The zero-order valence-corrected chi connectivity index (χ0v) is 12.9. The van der Waals surface area contributed by atoms with Gasteiger partial charge in [-0.2, -0.15) is 5.26 Å². The Morgan fingerprint density at radius 2 is 1.96 bits per heavy atom. The first-order chi connectivity index (χ1) is 11.1. The fraction of sp³-hybridized carbons (Fsp3) is 0.158. The lowest BCUT2D eigenvalue weighted by molar-refractivity contribution is -0.127. The monoisotopic (exact) mass is 306 g/mol. The Morgan fingerprint density at radius 1 is 1.22 bits per heavy atom. The molecule has 0 heterocycles. The second-order valence-electron chi connectivity index (χ2n) is 5.07. The number of carbonyl (C=O) groups excluding carboxylic acids is 1. The van der Waals surface area contributed by atoms with Crippen LogP contribution in [0.4, 0.5) is 0 Å². The van der Waals surface area contributed by atoms with Crippen LogP contribution in [0.15, 0.2) is 60.2 Å². The van der Waals surface area contributed by atoms with Gasteiger partial charge in [-0.15, -0.1) is 0 Å². The molecule has 1 N–H and O–H groups in total. The van der Waals surface area contributed by atoms with Gasteiger partial charge in [0.05, 0.1) is 0 Å². The normalized spacial score (nSPS) is 10.9. The fourth-order valence-electron chi connectivity index (χ4n) is 2.22. The number of carbonyl (C=O) groups is 1. The van der Waals surface area contributed by atoms with Crippen LogP contribution in [-0.4, -0.2) is 22.5 Å². The van der Waals surface area contributed by atoms with Crippen LogP contribution < -0.4 is 0 Å². The highest BCUT2D eigenvalue weighted by molar-refractivity contribution is 6.01. The van der Waals surface area contributed by atoms with Crippen molar-refractivity contribution >= 4 is 12.0 Å².